The SMILES string of the molecule is CC(C)(C)N1CC(C(=O)NCC2CCCO2)CC1=O. The van der Waals surface area contributed by atoms with Crippen LogP contribution < -0.4 is 5.32 Å². The summed E-state index contributed by atoms with van der Waals surface area (Å²) < 4.78 is 5.47. The van der Waals surface area contributed by atoms with Gasteiger partial charge in [-0.05, 0) is 33.6 Å². The molecular formula is C14H24N2O3. The molecule has 0 bridgehead atoms. The van der Waals surface area contributed by atoms with Crippen molar-refractivity contribution in [2.75, 3.05) is 19.7 Å². The number of amides is 2. The zero-order valence-electron chi connectivity index (χ0n) is 12.1. The van der Waals surface area contributed by atoms with Crippen molar-refractivity contribution in [3.63, 3.8) is 0 Å². The molecule has 0 aromatic carbocycles. The van der Waals surface area contributed by atoms with E-state index in [0.29, 0.717) is 19.5 Å². The number of carbonyl (C=O) groups excluding carboxylic acids is 2. The van der Waals surface area contributed by atoms with Crippen LogP contribution in [-0.4, -0.2) is 48.1 Å². The highest BCUT2D eigenvalue weighted by Gasteiger charge is 2.39. The predicted molar refractivity (Wildman–Crippen MR) is 71.6 cm³/mol. The van der Waals surface area contributed by atoms with E-state index in [0.717, 1.165) is 19.4 Å². The van der Waals surface area contributed by atoms with Gasteiger partial charge < -0.3 is 15.0 Å². The lowest BCUT2D eigenvalue weighted by Gasteiger charge is -2.32. The highest BCUT2D eigenvalue weighted by Crippen LogP contribution is 2.25. The fourth-order valence-electron chi connectivity index (χ4n) is 2.70. The monoisotopic (exact) mass is 268 g/mol. The second-order valence-corrected chi connectivity index (χ2v) is 6.46. The smallest absolute Gasteiger partial charge is 0.225 e. The third-order valence-electron chi connectivity index (χ3n) is 3.83. The molecule has 5 nitrogen and oxygen atoms in total. The minimum Gasteiger partial charge on any atom is -0.376 e. The molecule has 108 valence electrons. The lowest BCUT2D eigenvalue weighted by Crippen LogP contribution is -2.43. The molecule has 0 saturated carbocycles. The number of hydrogen-bond acceptors (Lipinski definition) is 3. The van der Waals surface area contributed by atoms with Gasteiger partial charge in [-0.15, -0.1) is 0 Å². The first-order chi connectivity index (χ1) is 8.88. The summed E-state index contributed by atoms with van der Waals surface area (Å²) >= 11 is 0. The lowest BCUT2D eigenvalue weighted by molar-refractivity contribution is -0.132. The van der Waals surface area contributed by atoms with Crippen LogP contribution in [-0.2, 0) is 14.3 Å². The summed E-state index contributed by atoms with van der Waals surface area (Å²) in [6.07, 6.45) is 2.56. The molecule has 2 aliphatic heterocycles. The van der Waals surface area contributed by atoms with Gasteiger partial charge in [-0.1, -0.05) is 0 Å². The molecule has 2 heterocycles. The molecule has 5 heteroatoms. The molecule has 1 N–H and O–H groups in total. The minimum absolute atomic E-state index is 0.0180. The molecule has 0 spiro atoms. The largest absolute Gasteiger partial charge is 0.376 e. The molecule has 0 aromatic heterocycles. The van der Waals surface area contributed by atoms with Crippen LogP contribution >= 0.6 is 0 Å². The third-order valence-corrected chi connectivity index (χ3v) is 3.83. The van der Waals surface area contributed by atoms with E-state index in [1.807, 2.05) is 20.8 Å². The number of carbonyl (C=O) groups is 2. The maximum atomic E-state index is 12.1. The number of nitrogens with one attached hydrogen (secondary N) is 1. The van der Waals surface area contributed by atoms with Crippen LogP contribution in [0.25, 0.3) is 0 Å². The molecule has 0 aromatic rings. The van der Waals surface area contributed by atoms with Gasteiger partial charge >= 0.3 is 0 Å². The summed E-state index contributed by atoms with van der Waals surface area (Å²) in [5.41, 5.74) is -0.208. The van der Waals surface area contributed by atoms with Crippen LogP contribution in [0.3, 0.4) is 0 Å². The van der Waals surface area contributed by atoms with Gasteiger partial charge in [0.15, 0.2) is 0 Å². The third kappa shape index (κ3) is 3.47. The molecule has 2 rings (SSSR count). The first-order valence-corrected chi connectivity index (χ1v) is 7.07. The number of likely N-dealkylation sites (tertiary alicyclic amines) is 1. The summed E-state index contributed by atoms with van der Waals surface area (Å²) in [6.45, 7) is 7.88. The van der Waals surface area contributed by atoms with Crippen LogP contribution in [0.5, 0.6) is 0 Å². The Morgan fingerprint density at radius 1 is 1.47 bits per heavy atom. The van der Waals surface area contributed by atoms with Crippen molar-refractivity contribution in [2.24, 2.45) is 5.92 Å². The Kier molecular flexibility index (Phi) is 4.13. The molecule has 2 amide bonds. The highest BCUT2D eigenvalue weighted by molar-refractivity contribution is 5.89. The zero-order chi connectivity index (χ0) is 14.0. The van der Waals surface area contributed by atoms with Gasteiger partial charge in [0.05, 0.1) is 12.0 Å². The Morgan fingerprint density at radius 2 is 2.21 bits per heavy atom. The zero-order valence-corrected chi connectivity index (χ0v) is 12.1. The molecule has 2 fully saturated rings. The number of rotatable bonds is 3. The Labute approximate surface area is 114 Å². The van der Waals surface area contributed by atoms with E-state index in [1.165, 1.54) is 0 Å². The quantitative estimate of drug-likeness (QED) is 0.828. The average molecular weight is 268 g/mol. The van der Waals surface area contributed by atoms with Gasteiger partial charge in [0, 0.05) is 31.7 Å². The van der Waals surface area contributed by atoms with Crippen LogP contribution in [0.15, 0.2) is 0 Å². The van der Waals surface area contributed by atoms with Crippen molar-refractivity contribution in [1.82, 2.24) is 10.2 Å². The normalized spacial score (nSPS) is 27.9. The van der Waals surface area contributed by atoms with Gasteiger partial charge in [-0.2, -0.15) is 0 Å². The first kappa shape index (κ1) is 14.3. The van der Waals surface area contributed by atoms with Crippen molar-refractivity contribution in [3.05, 3.63) is 0 Å². The van der Waals surface area contributed by atoms with Crippen molar-refractivity contribution in [1.29, 1.82) is 0 Å². The Hall–Kier alpha value is -1.10. The molecular weight excluding hydrogens is 244 g/mol. The Balaban J connectivity index is 1.82. The van der Waals surface area contributed by atoms with Crippen LogP contribution in [0.4, 0.5) is 0 Å². The van der Waals surface area contributed by atoms with E-state index >= 15 is 0 Å². The van der Waals surface area contributed by atoms with Gasteiger partial charge in [0.1, 0.15) is 0 Å². The maximum absolute atomic E-state index is 12.1. The fourth-order valence-corrected chi connectivity index (χ4v) is 2.70. The van der Waals surface area contributed by atoms with Crippen molar-refractivity contribution in [2.45, 2.75) is 51.7 Å². The Bertz CT molecular complexity index is 356. The highest BCUT2D eigenvalue weighted by atomic mass is 16.5. The maximum Gasteiger partial charge on any atom is 0.225 e. The fraction of sp³-hybridized carbons (Fsp3) is 0.857. The Morgan fingerprint density at radius 3 is 2.74 bits per heavy atom. The predicted octanol–water partition coefficient (Wildman–Crippen LogP) is 0.929. The van der Waals surface area contributed by atoms with Crippen molar-refractivity contribution < 1.29 is 14.3 Å². The molecule has 0 aliphatic carbocycles. The van der Waals surface area contributed by atoms with E-state index in [9.17, 15) is 9.59 Å². The lowest BCUT2D eigenvalue weighted by atomic mass is 10.1. The van der Waals surface area contributed by atoms with E-state index in [2.05, 4.69) is 5.32 Å². The second kappa shape index (κ2) is 5.49. The summed E-state index contributed by atoms with van der Waals surface area (Å²) in [6, 6.07) is 0. The summed E-state index contributed by atoms with van der Waals surface area (Å²) in [5, 5.41) is 2.92. The van der Waals surface area contributed by atoms with Crippen LogP contribution in [0.1, 0.15) is 40.0 Å². The summed E-state index contributed by atoms with van der Waals surface area (Å²) in [7, 11) is 0. The van der Waals surface area contributed by atoms with Gasteiger partial charge in [0.25, 0.3) is 0 Å². The number of hydrogen-bond donors (Lipinski definition) is 1. The van der Waals surface area contributed by atoms with Gasteiger partial charge in [-0.3, -0.25) is 9.59 Å². The second-order valence-electron chi connectivity index (χ2n) is 6.46. The van der Waals surface area contributed by atoms with E-state index in [-0.39, 0.29) is 29.4 Å². The van der Waals surface area contributed by atoms with Crippen LogP contribution in [0, 0.1) is 5.92 Å². The summed E-state index contributed by atoms with van der Waals surface area (Å²) in [4.78, 5) is 25.8. The van der Waals surface area contributed by atoms with Gasteiger partial charge in [-0.25, -0.2) is 0 Å². The van der Waals surface area contributed by atoms with Crippen LogP contribution in [0.2, 0.25) is 0 Å². The van der Waals surface area contributed by atoms with E-state index in [1.54, 1.807) is 4.90 Å². The molecule has 2 saturated heterocycles. The molecule has 2 atom stereocenters. The first-order valence-electron chi connectivity index (χ1n) is 7.07. The molecule has 0 radical (unpaired) electrons. The van der Waals surface area contributed by atoms with Crippen molar-refractivity contribution in [3.8, 4) is 0 Å². The number of nitrogens with zero attached hydrogens (tertiary/aromatic N) is 1. The molecule has 2 unspecified atom stereocenters. The van der Waals surface area contributed by atoms with E-state index < -0.39 is 0 Å². The van der Waals surface area contributed by atoms with Gasteiger partial charge in [0.2, 0.25) is 11.8 Å². The minimum atomic E-state index is -0.215. The molecule has 19 heavy (non-hydrogen) atoms. The topological polar surface area (TPSA) is 58.6 Å². The van der Waals surface area contributed by atoms with Crippen molar-refractivity contribution >= 4 is 11.8 Å². The average Bonchev–Trinajstić information content (AvgIpc) is 2.93. The standard InChI is InChI=1S/C14H24N2O3/c1-14(2,3)16-9-10(7-12(16)17)13(18)15-8-11-5-4-6-19-11/h10-11H,4-9H2,1-3H3,(H,15,18). The van der Waals surface area contributed by atoms with E-state index in [4.69, 9.17) is 4.74 Å². The molecule has 2 aliphatic rings. The summed E-state index contributed by atoms with van der Waals surface area (Å²) in [5.74, 6) is -0.159. The number of ether oxygens (including phenoxy) is 1.